The zero-order valence-corrected chi connectivity index (χ0v) is 5.28. The Labute approximate surface area is 50.0 Å². The molecule has 0 amide bonds. The van der Waals surface area contributed by atoms with E-state index in [0.29, 0.717) is 5.76 Å². The molecule has 46 valence electrons. The second-order valence-corrected chi connectivity index (χ2v) is 2.43. The first-order valence-electron chi connectivity index (χ1n) is 3.18. The largest absolute Gasteiger partial charge is 0.512 e. The molecule has 1 aliphatic rings. The molecule has 1 heteroatoms. The second-order valence-electron chi connectivity index (χ2n) is 2.43. The van der Waals surface area contributed by atoms with Crippen LogP contribution >= 0.6 is 0 Å². The maximum absolute atomic E-state index is 9.06. The van der Waals surface area contributed by atoms with Crippen molar-refractivity contribution in [1.82, 2.24) is 0 Å². The average molecular weight is 112 g/mol. The normalized spacial score (nSPS) is 21.6. The summed E-state index contributed by atoms with van der Waals surface area (Å²) in [7, 11) is 0. The van der Waals surface area contributed by atoms with Crippen molar-refractivity contribution in [2.24, 2.45) is 0 Å². The molecule has 0 fully saturated rings. The van der Waals surface area contributed by atoms with Gasteiger partial charge in [-0.15, -0.1) is 0 Å². The molecular weight excluding hydrogens is 100 g/mol. The Morgan fingerprint density at radius 3 is 2.25 bits per heavy atom. The third kappa shape index (κ3) is 1.03. The van der Waals surface area contributed by atoms with Crippen LogP contribution in [-0.4, -0.2) is 5.11 Å². The molecule has 0 saturated carbocycles. The summed E-state index contributed by atoms with van der Waals surface area (Å²) in [6.07, 6.45) is 4.44. The first-order valence-corrected chi connectivity index (χ1v) is 3.18. The summed E-state index contributed by atoms with van der Waals surface area (Å²) in [6.45, 7) is 2.01. The van der Waals surface area contributed by atoms with E-state index in [1.54, 1.807) is 0 Å². The Kier molecular flexibility index (Phi) is 1.56. The molecule has 1 rings (SSSR count). The zero-order chi connectivity index (χ0) is 5.98. The van der Waals surface area contributed by atoms with Crippen LogP contribution in [0.5, 0.6) is 0 Å². The number of allylic oxidation sites excluding steroid dienone is 2. The van der Waals surface area contributed by atoms with Crippen LogP contribution in [-0.2, 0) is 0 Å². The summed E-state index contributed by atoms with van der Waals surface area (Å²) >= 11 is 0. The van der Waals surface area contributed by atoms with Crippen molar-refractivity contribution in [3.05, 3.63) is 11.3 Å². The molecule has 0 bridgehead atoms. The van der Waals surface area contributed by atoms with E-state index in [1.807, 2.05) is 6.92 Å². The van der Waals surface area contributed by atoms with Crippen molar-refractivity contribution in [3.8, 4) is 0 Å². The fourth-order valence-corrected chi connectivity index (χ4v) is 1.04. The molecule has 1 N–H and O–H groups in total. The van der Waals surface area contributed by atoms with Gasteiger partial charge in [0, 0.05) is 6.42 Å². The lowest BCUT2D eigenvalue weighted by Gasteiger charge is -2.10. The average Bonchev–Trinajstić information content (AvgIpc) is 1.77. The summed E-state index contributed by atoms with van der Waals surface area (Å²) in [5.41, 5.74) is 1.19. The van der Waals surface area contributed by atoms with Gasteiger partial charge in [-0.1, -0.05) is 0 Å². The highest BCUT2D eigenvalue weighted by atomic mass is 16.3. The van der Waals surface area contributed by atoms with Gasteiger partial charge >= 0.3 is 0 Å². The first-order chi connectivity index (χ1) is 3.80. The summed E-state index contributed by atoms with van der Waals surface area (Å²) < 4.78 is 0. The van der Waals surface area contributed by atoms with Gasteiger partial charge in [0.2, 0.25) is 0 Å². The Morgan fingerprint density at radius 2 is 1.88 bits per heavy atom. The van der Waals surface area contributed by atoms with Crippen LogP contribution in [0.1, 0.15) is 32.6 Å². The third-order valence-electron chi connectivity index (χ3n) is 1.71. The molecule has 0 radical (unpaired) electrons. The molecular formula is C7H12O. The van der Waals surface area contributed by atoms with Gasteiger partial charge in [-0.25, -0.2) is 0 Å². The van der Waals surface area contributed by atoms with E-state index < -0.39 is 0 Å². The lowest BCUT2D eigenvalue weighted by molar-refractivity contribution is 0.359. The number of rotatable bonds is 0. The molecule has 1 nitrogen and oxygen atoms in total. The number of aliphatic hydroxyl groups is 1. The Morgan fingerprint density at radius 1 is 1.25 bits per heavy atom. The fourth-order valence-electron chi connectivity index (χ4n) is 1.04. The van der Waals surface area contributed by atoms with Crippen LogP contribution in [0, 0.1) is 0 Å². The lowest BCUT2D eigenvalue weighted by atomic mass is 9.99. The van der Waals surface area contributed by atoms with Gasteiger partial charge in [-0.05, 0) is 31.8 Å². The molecule has 0 saturated heterocycles. The molecule has 0 heterocycles. The minimum Gasteiger partial charge on any atom is -0.512 e. The molecule has 0 aliphatic heterocycles. The van der Waals surface area contributed by atoms with Crippen molar-refractivity contribution in [3.63, 3.8) is 0 Å². The van der Waals surface area contributed by atoms with E-state index in [2.05, 4.69) is 0 Å². The highest BCUT2D eigenvalue weighted by Crippen LogP contribution is 2.21. The topological polar surface area (TPSA) is 20.2 Å². The Balaban J connectivity index is 2.60. The first kappa shape index (κ1) is 5.67. The molecule has 0 aromatic carbocycles. The Hall–Kier alpha value is -0.460. The van der Waals surface area contributed by atoms with E-state index in [9.17, 15) is 0 Å². The van der Waals surface area contributed by atoms with Crippen LogP contribution in [0.3, 0.4) is 0 Å². The van der Waals surface area contributed by atoms with Gasteiger partial charge in [-0.2, -0.15) is 0 Å². The SMILES string of the molecule is CC1=C(O)CCCC1. The minimum absolute atomic E-state index is 0.635. The van der Waals surface area contributed by atoms with E-state index in [4.69, 9.17) is 5.11 Å². The predicted molar refractivity (Wildman–Crippen MR) is 33.8 cm³/mol. The highest BCUT2D eigenvalue weighted by Gasteiger charge is 2.05. The van der Waals surface area contributed by atoms with Gasteiger partial charge in [0.15, 0.2) is 0 Å². The number of hydrogen-bond acceptors (Lipinski definition) is 1. The lowest BCUT2D eigenvalue weighted by Crippen LogP contribution is -1.95. The quantitative estimate of drug-likeness (QED) is 0.510. The summed E-state index contributed by atoms with van der Waals surface area (Å²) in [5, 5.41) is 9.06. The van der Waals surface area contributed by atoms with Gasteiger partial charge in [0.1, 0.15) is 0 Å². The van der Waals surface area contributed by atoms with E-state index >= 15 is 0 Å². The molecule has 0 aromatic heterocycles. The van der Waals surface area contributed by atoms with Crippen LogP contribution in [0.15, 0.2) is 11.3 Å². The van der Waals surface area contributed by atoms with Crippen molar-refractivity contribution in [2.45, 2.75) is 32.6 Å². The minimum atomic E-state index is 0.635. The maximum Gasteiger partial charge on any atom is 0.0911 e. The van der Waals surface area contributed by atoms with Crippen LogP contribution in [0.25, 0.3) is 0 Å². The van der Waals surface area contributed by atoms with Crippen LogP contribution in [0.4, 0.5) is 0 Å². The zero-order valence-electron chi connectivity index (χ0n) is 5.28. The second kappa shape index (κ2) is 2.21. The summed E-state index contributed by atoms with van der Waals surface area (Å²) in [4.78, 5) is 0. The van der Waals surface area contributed by atoms with Gasteiger partial charge < -0.3 is 5.11 Å². The predicted octanol–water partition coefficient (Wildman–Crippen LogP) is 2.39. The Bertz CT molecular complexity index is 99.6. The van der Waals surface area contributed by atoms with Crippen LogP contribution < -0.4 is 0 Å². The monoisotopic (exact) mass is 112 g/mol. The van der Waals surface area contributed by atoms with E-state index in [1.165, 1.54) is 18.4 Å². The number of aliphatic hydroxyl groups excluding tert-OH is 1. The molecule has 8 heavy (non-hydrogen) atoms. The van der Waals surface area contributed by atoms with E-state index in [-0.39, 0.29) is 0 Å². The van der Waals surface area contributed by atoms with Crippen molar-refractivity contribution < 1.29 is 5.11 Å². The molecule has 0 atom stereocenters. The van der Waals surface area contributed by atoms with Gasteiger partial charge in [0.25, 0.3) is 0 Å². The fraction of sp³-hybridized carbons (Fsp3) is 0.714. The molecule has 0 spiro atoms. The third-order valence-corrected chi connectivity index (χ3v) is 1.71. The van der Waals surface area contributed by atoms with Gasteiger partial charge in [-0.3, -0.25) is 0 Å². The highest BCUT2D eigenvalue weighted by molar-refractivity contribution is 5.06. The smallest absolute Gasteiger partial charge is 0.0911 e. The van der Waals surface area contributed by atoms with Crippen molar-refractivity contribution in [1.29, 1.82) is 0 Å². The van der Waals surface area contributed by atoms with Crippen molar-refractivity contribution in [2.75, 3.05) is 0 Å². The molecule has 1 aliphatic carbocycles. The molecule has 0 aromatic rings. The standard InChI is InChI=1S/C7H12O/c1-6-4-2-3-5-7(6)8/h8H,2-5H2,1H3. The van der Waals surface area contributed by atoms with Crippen molar-refractivity contribution >= 4 is 0 Å². The summed E-state index contributed by atoms with van der Waals surface area (Å²) in [5.74, 6) is 0.635. The van der Waals surface area contributed by atoms with Crippen LogP contribution in [0.2, 0.25) is 0 Å². The summed E-state index contributed by atoms with van der Waals surface area (Å²) in [6, 6.07) is 0. The number of hydrogen-bond donors (Lipinski definition) is 1. The van der Waals surface area contributed by atoms with E-state index in [0.717, 1.165) is 12.8 Å². The maximum atomic E-state index is 9.06. The van der Waals surface area contributed by atoms with Gasteiger partial charge in [0.05, 0.1) is 5.76 Å². The molecule has 0 unspecified atom stereocenters.